The van der Waals surface area contributed by atoms with Crippen molar-refractivity contribution in [3.63, 3.8) is 0 Å². The first-order valence-electron chi connectivity index (χ1n) is 20.2. The molecular weight excluding hydrogens is 789 g/mol. The Labute approximate surface area is 356 Å². The molecule has 0 aliphatic heterocycles. The molecule has 4 amide bonds. The fraction of sp³-hybridized carbons (Fsp3) is 0.289. The number of rotatable bonds is 13. The molecule has 4 heterocycles. The minimum Gasteiger partial charge on any atom is -0.487 e. The molecule has 17 heteroatoms. The molecule has 7 aromatic rings. The number of aromatic nitrogens is 8. The molecule has 0 aliphatic rings. The van der Waals surface area contributed by atoms with Crippen LogP contribution in [0.1, 0.15) is 86.3 Å². The van der Waals surface area contributed by atoms with Gasteiger partial charge in [-0.1, -0.05) is 41.5 Å². The van der Waals surface area contributed by atoms with Crippen molar-refractivity contribution in [2.45, 2.75) is 74.3 Å². The zero-order valence-corrected chi connectivity index (χ0v) is 36.1. The Bertz CT molecular complexity index is 3110. The average molecular weight is 839 g/mol. The third-order valence-electron chi connectivity index (χ3n) is 11.0. The zero-order valence-electron chi connectivity index (χ0n) is 36.1. The Morgan fingerprint density at radius 3 is 1.71 bits per heavy atom. The standard InChI is InChI=1S/C45H50N12O5/c1-9-56-36(18-28(5)50-56)42(60)48-44-52(7)34-20-31(40(46)58)16-17-33(34)54(44)23-26(3)27(4)24-55-39-35(53(8)45(55)49-43(61)37-19-29(6)51-57(37)10-2)21-32(41(47)59)22-38(39)62-25-30-14-12-11-13-15-30/h11-22H,9-10,23-25H2,1-8H3,(H2,46,58)(H2,47,59)/b27-26+,48-44?,49-45?. The summed E-state index contributed by atoms with van der Waals surface area (Å²) >= 11 is 0. The fourth-order valence-electron chi connectivity index (χ4n) is 7.60. The van der Waals surface area contributed by atoms with E-state index in [1.165, 1.54) is 0 Å². The third-order valence-corrected chi connectivity index (χ3v) is 11.0. The summed E-state index contributed by atoms with van der Waals surface area (Å²) in [5.41, 5.74) is 20.0. The number of ether oxygens (including phenoxy) is 1. The maximum atomic E-state index is 14.0. The second-order valence-electron chi connectivity index (χ2n) is 15.3. The number of carbonyl (C=O) groups is 4. The lowest BCUT2D eigenvalue weighted by Gasteiger charge is -2.15. The summed E-state index contributed by atoms with van der Waals surface area (Å²) in [6.07, 6.45) is 0. The Hall–Kier alpha value is -7.56. The van der Waals surface area contributed by atoms with Crippen molar-refractivity contribution in [1.82, 2.24) is 37.8 Å². The highest BCUT2D eigenvalue weighted by Crippen LogP contribution is 2.29. The molecule has 0 unspecified atom stereocenters. The highest BCUT2D eigenvalue weighted by Gasteiger charge is 2.22. The van der Waals surface area contributed by atoms with Gasteiger partial charge in [-0.2, -0.15) is 20.2 Å². The van der Waals surface area contributed by atoms with Gasteiger partial charge in [0.25, 0.3) is 11.8 Å². The summed E-state index contributed by atoms with van der Waals surface area (Å²) < 4.78 is 17.0. The number of imidazole rings is 2. The van der Waals surface area contributed by atoms with E-state index >= 15 is 0 Å². The quantitative estimate of drug-likeness (QED) is 0.157. The van der Waals surface area contributed by atoms with Gasteiger partial charge in [-0.25, -0.2) is 0 Å². The highest BCUT2D eigenvalue weighted by atomic mass is 16.5. The van der Waals surface area contributed by atoms with Crippen LogP contribution in [0.25, 0.3) is 22.1 Å². The molecule has 0 aliphatic carbocycles. The molecule has 62 heavy (non-hydrogen) atoms. The maximum Gasteiger partial charge on any atom is 0.298 e. The summed E-state index contributed by atoms with van der Waals surface area (Å²) in [7, 11) is 3.55. The summed E-state index contributed by atoms with van der Waals surface area (Å²) in [6.45, 7) is 13.1. The van der Waals surface area contributed by atoms with Crippen LogP contribution in [0.5, 0.6) is 5.75 Å². The molecule has 0 bridgehead atoms. The monoisotopic (exact) mass is 838 g/mol. The van der Waals surface area contributed by atoms with Crippen LogP contribution >= 0.6 is 0 Å². The van der Waals surface area contributed by atoms with E-state index in [1.54, 1.807) is 75.1 Å². The Morgan fingerprint density at radius 1 is 0.645 bits per heavy atom. The minimum absolute atomic E-state index is 0.195. The molecule has 0 spiro atoms. The van der Waals surface area contributed by atoms with Gasteiger partial charge in [-0.3, -0.25) is 28.5 Å². The summed E-state index contributed by atoms with van der Waals surface area (Å²) in [5, 5.41) is 8.90. The molecule has 4 aromatic heterocycles. The molecule has 4 N–H and O–H groups in total. The number of hydrogen-bond donors (Lipinski definition) is 2. The molecule has 17 nitrogen and oxygen atoms in total. The van der Waals surface area contributed by atoms with Gasteiger partial charge in [-0.05, 0) is 89.6 Å². The Kier molecular flexibility index (Phi) is 11.8. The van der Waals surface area contributed by atoms with Crippen LogP contribution in [-0.4, -0.2) is 61.5 Å². The third kappa shape index (κ3) is 8.16. The number of benzene rings is 3. The van der Waals surface area contributed by atoms with Gasteiger partial charge in [0.1, 0.15) is 29.3 Å². The molecule has 0 fully saturated rings. The van der Waals surface area contributed by atoms with E-state index in [2.05, 4.69) is 15.2 Å². The molecule has 0 radical (unpaired) electrons. The fourth-order valence-corrected chi connectivity index (χ4v) is 7.60. The summed E-state index contributed by atoms with van der Waals surface area (Å²) in [6, 6.07) is 21.4. The lowest BCUT2D eigenvalue weighted by Crippen LogP contribution is -2.28. The van der Waals surface area contributed by atoms with Crippen LogP contribution < -0.4 is 27.4 Å². The van der Waals surface area contributed by atoms with Crippen molar-refractivity contribution in [1.29, 1.82) is 0 Å². The number of amides is 4. The van der Waals surface area contributed by atoms with E-state index in [9.17, 15) is 19.2 Å². The maximum absolute atomic E-state index is 14.0. The highest BCUT2D eigenvalue weighted by molar-refractivity contribution is 5.99. The van der Waals surface area contributed by atoms with Crippen molar-refractivity contribution < 1.29 is 23.9 Å². The van der Waals surface area contributed by atoms with Gasteiger partial charge in [0.05, 0.1) is 27.9 Å². The van der Waals surface area contributed by atoms with Crippen molar-refractivity contribution in [3.8, 4) is 5.75 Å². The van der Waals surface area contributed by atoms with Crippen molar-refractivity contribution >= 4 is 45.7 Å². The van der Waals surface area contributed by atoms with Gasteiger partial charge < -0.3 is 34.5 Å². The van der Waals surface area contributed by atoms with E-state index in [0.717, 1.165) is 16.7 Å². The van der Waals surface area contributed by atoms with Crippen molar-refractivity contribution in [2.75, 3.05) is 0 Å². The summed E-state index contributed by atoms with van der Waals surface area (Å²) in [4.78, 5) is 62.2. The van der Waals surface area contributed by atoms with Crippen molar-refractivity contribution in [3.05, 3.63) is 135 Å². The number of nitrogens with zero attached hydrogens (tertiary/aromatic N) is 10. The van der Waals surface area contributed by atoms with E-state index in [1.807, 2.05) is 81.0 Å². The second-order valence-corrected chi connectivity index (χ2v) is 15.3. The number of allylic oxidation sites excluding steroid dienone is 2. The van der Waals surface area contributed by atoms with Crippen LogP contribution in [0.15, 0.2) is 93.9 Å². The predicted octanol–water partition coefficient (Wildman–Crippen LogP) is 4.62. The molecular formula is C45H50N12O5. The minimum atomic E-state index is -0.642. The number of aryl methyl sites for hydroxylation is 6. The largest absolute Gasteiger partial charge is 0.487 e. The first-order chi connectivity index (χ1) is 29.6. The number of nitrogens with two attached hydrogens (primary N) is 2. The van der Waals surface area contributed by atoms with E-state index < -0.39 is 23.6 Å². The average Bonchev–Trinajstić information content (AvgIpc) is 3.98. The molecule has 0 atom stereocenters. The lowest BCUT2D eigenvalue weighted by molar-refractivity contribution is 0.0977. The van der Waals surface area contributed by atoms with Crippen LogP contribution in [0.4, 0.5) is 0 Å². The molecule has 320 valence electrons. The van der Waals surface area contributed by atoms with E-state index in [4.69, 9.17) is 21.2 Å². The predicted molar refractivity (Wildman–Crippen MR) is 233 cm³/mol. The molecule has 7 rings (SSSR count). The van der Waals surface area contributed by atoms with Gasteiger partial charge in [0.15, 0.2) is 0 Å². The van der Waals surface area contributed by atoms with Crippen LogP contribution in [-0.2, 0) is 46.9 Å². The van der Waals surface area contributed by atoms with Gasteiger partial charge in [0.2, 0.25) is 23.1 Å². The number of fused-ring (bicyclic) bond motifs is 2. The van der Waals surface area contributed by atoms with Crippen LogP contribution in [0.3, 0.4) is 0 Å². The first kappa shape index (κ1) is 42.6. The van der Waals surface area contributed by atoms with Crippen molar-refractivity contribution in [2.24, 2.45) is 35.5 Å². The Balaban J connectivity index is 1.41. The van der Waals surface area contributed by atoms with Gasteiger partial charge in [0, 0.05) is 51.4 Å². The molecule has 0 saturated heterocycles. The molecule has 3 aromatic carbocycles. The Morgan fingerprint density at radius 2 is 1.16 bits per heavy atom. The van der Waals surface area contributed by atoms with Crippen LogP contribution in [0.2, 0.25) is 0 Å². The van der Waals surface area contributed by atoms with E-state index in [-0.39, 0.29) is 25.3 Å². The second kappa shape index (κ2) is 17.2. The normalized spacial score (nSPS) is 12.7. The first-order valence-corrected chi connectivity index (χ1v) is 20.2. The number of primary amides is 2. The van der Waals surface area contributed by atoms with Gasteiger partial charge in [-0.15, -0.1) is 0 Å². The molecule has 0 saturated carbocycles. The number of hydrogen-bond acceptors (Lipinski definition) is 7. The lowest BCUT2D eigenvalue weighted by atomic mass is 10.1. The zero-order chi connectivity index (χ0) is 44.6. The smallest absolute Gasteiger partial charge is 0.298 e. The summed E-state index contributed by atoms with van der Waals surface area (Å²) in [5.74, 6) is -1.82. The van der Waals surface area contributed by atoms with E-state index in [0.29, 0.717) is 80.5 Å². The topological polar surface area (TPSA) is 210 Å². The number of carbonyl (C=O) groups excluding carboxylic acids is 4. The van der Waals surface area contributed by atoms with Gasteiger partial charge >= 0.3 is 0 Å². The van der Waals surface area contributed by atoms with Crippen LogP contribution in [0, 0.1) is 13.8 Å². The SMILES string of the molecule is CCn1nc(C)cc1C(=O)N=c1n(C)c2cc(C(N)=O)ccc2n1C/C(C)=C(\C)Cn1c(=NC(=O)c2cc(C)nn2CC)n(C)c2cc(C(N)=O)cc(OCc3ccccc3)c21.